The first-order chi connectivity index (χ1) is 8.66. The van der Waals surface area contributed by atoms with Crippen molar-refractivity contribution >= 4 is 22.9 Å². The first-order valence-corrected chi connectivity index (χ1v) is 7.10. The maximum Gasteiger partial charge on any atom is 0.137 e. The molecule has 0 bridgehead atoms. The smallest absolute Gasteiger partial charge is 0.137 e. The summed E-state index contributed by atoms with van der Waals surface area (Å²) in [5.41, 5.74) is 2.07. The number of halogens is 1. The molecule has 0 amide bonds. The van der Waals surface area contributed by atoms with Gasteiger partial charge in [-0.25, -0.2) is 0 Å². The molecule has 0 fully saturated rings. The summed E-state index contributed by atoms with van der Waals surface area (Å²) in [6, 6.07) is 7.47. The average molecular weight is 283 g/mol. The van der Waals surface area contributed by atoms with Crippen LogP contribution < -0.4 is 4.74 Å². The van der Waals surface area contributed by atoms with Gasteiger partial charge >= 0.3 is 0 Å². The number of aliphatic hydroxyl groups excluding tert-OH is 1. The highest BCUT2D eigenvalue weighted by Gasteiger charge is 2.06. The molecule has 0 spiro atoms. The lowest BCUT2D eigenvalue weighted by Crippen LogP contribution is -2.01. The van der Waals surface area contributed by atoms with Crippen molar-refractivity contribution in [2.45, 2.75) is 19.4 Å². The topological polar surface area (TPSA) is 29.5 Å². The zero-order chi connectivity index (χ0) is 13.0. The maximum absolute atomic E-state index is 9.44. The molecule has 1 atom stereocenters. The predicted molar refractivity (Wildman–Crippen MR) is 75.6 cm³/mol. The average Bonchev–Trinajstić information content (AvgIpc) is 2.84. The van der Waals surface area contributed by atoms with Crippen LogP contribution in [0, 0.1) is 0 Å². The van der Waals surface area contributed by atoms with Gasteiger partial charge in [0.25, 0.3) is 0 Å². The first-order valence-electron chi connectivity index (χ1n) is 5.78. The van der Waals surface area contributed by atoms with Crippen LogP contribution in [0.2, 0.25) is 5.02 Å². The van der Waals surface area contributed by atoms with Crippen LogP contribution in [0.3, 0.4) is 0 Å². The summed E-state index contributed by atoms with van der Waals surface area (Å²) in [6.07, 6.45) is 0.361. The molecule has 0 aliphatic rings. The van der Waals surface area contributed by atoms with Crippen LogP contribution in [0.25, 0.3) is 0 Å². The van der Waals surface area contributed by atoms with Gasteiger partial charge in [0.1, 0.15) is 5.75 Å². The van der Waals surface area contributed by atoms with Crippen LogP contribution in [-0.2, 0) is 6.42 Å². The van der Waals surface area contributed by atoms with E-state index in [-0.39, 0.29) is 0 Å². The van der Waals surface area contributed by atoms with Crippen LogP contribution in [-0.4, -0.2) is 11.7 Å². The summed E-state index contributed by atoms with van der Waals surface area (Å²) in [5, 5.41) is 14.2. The summed E-state index contributed by atoms with van der Waals surface area (Å²) < 4.78 is 5.64. The Morgan fingerprint density at radius 3 is 2.83 bits per heavy atom. The van der Waals surface area contributed by atoms with Crippen molar-refractivity contribution in [3.63, 3.8) is 0 Å². The second-order valence-corrected chi connectivity index (χ2v) is 5.28. The van der Waals surface area contributed by atoms with Crippen LogP contribution in [0.1, 0.15) is 24.2 Å². The van der Waals surface area contributed by atoms with E-state index in [9.17, 15) is 5.11 Å². The fourth-order valence-electron chi connectivity index (χ4n) is 1.61. The lowest BCUT2D eigenvalue weighted by Gasteiger charge is -2.10. The Labute approximate surface area is 116 Å². The molecule has 2 rings (SSSR count). The van der Waals surface area contributed by atoms with E-state index in [2.05, 4.69) is 16.8 Å². The summed E-state index contributed by atoms with van der Waals surface area (Å²) >= 11 is 7.78. The minimum atomic E-state index is -0.512. The van der Waals surface area contributed by atoms with E-state index in [1.165, 1.54) is 5.56 Å². The fourth-order valence-corrected chi connectivity index (χ4v) is 2.55. The first kappa shape index (κ1) is 13.4. The highest BCUT2D eigenvalue weighted by Crippen LogP contribution is 2.28. The molecule has 0 aliphatic carbocycles. The molecule has 1 unspecified atom stereocenters. The standard InChI is InChI=1S/C14H15ClO2S/c1-10(16)12-2-3-14(13(15)8-12)17-6-4-11-5-7-18-9-11/h2-3,5,7-10,16H,4,6H2,1H3. The molecule has 0 saturated carbocycles. The molecular formula is C14H15ClO2S. The van der Waals surface area contributed by atoms with Crippen LogP contribution >= 0.6 is 22.9 Å². The SMILES string of the molecule is CC(O)c1ccc(OCCc2ccsc2)c(Cl)c1. The minimum absolute atomic E-state index is 0.512. The summed E-state index contributed by atoms with van der Waals surface area (Å²) in [5.74, 6) is 0.663. The third-order valence-electron chi connectivity index (χ3n) is 2.67. The third-order valence-corrected chi connectivity index (χ3v) is 3.69. The Morgan fingerprint density at radius 1 is 1.39 bits per heavy atom. The van der Waals surface area contributed by atoms with Gasteiger partial charge in [0.05, 0.1) is 17.7 Å². The molecule has 1 aromatic heterocycles. The van der Waals surface area contributed by atoms with Gasteiger partial charge in [-0.1, -0.05) is 17.7 Å². The van der Waals surface area contributed by atoms with Gasteiger partial charge in [0.2, 0.25) is 0 Å². The second-order valence-electron chi connectivity index (χ2n) is 4.10. The number of hydrogen-bond acceptors (Lipinski definition) is 3. The second kappa shape index (κ2) is 6.23. The summed E-state index contributed by atoms with van der Waals surface area (Å²) in [6.45, 7) is 2.31. The van der Waals surface area contributed by atoms with E-state index in [1.54, 1.807) is 30.4 Å². The Hall–Kier alpha value is -1.03. The molecule has 1 aromatic carbocycles. The zero-order valence-corrected chi connectivity index (χ0v) is 11.7. The zero-order valence-electron chi connectivity index (χ0n) is 10.1. The van der Waals surface area contributed by atoms with Crippen molar-refractivity contribution in [2.75, 3.05) is 6.61 Å². The number of hydrogen-bond donors (Lipinski definition) is 1. The predicted octanol–water partition coefficient (Wildman–Crippen LogP) is 4.08. The minimum Gasteiger partial charge on any atom is -0.492 e. The van der Waals surface area contributed by atoms with Crippen molar-refractivity contribution in [3.05, 3.63) is 51.2 Å². The molecular weight excluding hydrogens is 268 g/mol. The number of aliphatic hydroxyl groups is 1. The van der Waals surface area contributed by atoms with Crippen molar-refractivity contribution in [2.24, 2.45) is 0 Å². The molecule has 0 saturated heterocycles. The molecule has 4 heteroatoms. The highest BCUT2D eigenvalue weighted by molar-refractivity contribution is 7.07. The summed E-state index contributed by atoms with van der Waals surface area (Å²) in [4.78, 5) is 0. The molecule has 1 heterocycles. The molecule has 0 radical (unpaired) electrons. The lowest BCUT2D eigenvalue weighted by molar-refractivity contribution is 0.199. The van der Waals surface area contributed by atoms with Gasteiger partial charge in [-0.15, -0.1) is 0 Å². The van der Waals surface area contributed by atoms with E-state index in [0.717, 1.165) is 12.0 Å². The number of rotatable bonds is 5. The van der Waals surface area contributed by atoms with E-state index in [0.29, 0.717) is 17.4 Å². The molecule has 0 aliphatic heterocycles. The van der Waals surface area contributed by atoms with Crippen molar-refractivity contribution in [3.8, 4) is 5.75 Å². The van der Waals surface area contributed by atoms with Crippen LogP contribution in [0.15, 0.2) is 35.0 Å². The number of thiophene rings is 1. The fraction of sp³-hybridized carbons (Fsp3) is 0.286. The van der Waals surface area contributed by atoms with Gasteiger partial charge in [0.15, 0.2) is 0 Å². The normalized spacial score (nSPS) is 12.4. The lowest BCUT2D eigenvalue weighted by atomic mass is 10.1. The van der Waals surface area contributed by atoms with Crippen molar-refractivity contribution in [1.82, 2.24) is 0 Å². The molecule has 18 heavy (non-hydrogen) atoms. The summed E-state index contributed by atoms with van der Waals surface area (Å²) in [7, 11) is 0. The Bertz CT molecular complexity index is 495. The van der Waals surface area contributed by atoms with Crippen LogP contribution in [0.4, 0.5) is 0 Å². The molecule has 2 aromatic rings. The van der Waals surface area contributed by atoms with Crippen molar-refractivity contribution in [1.29, 1.82) is 0 Å². The maximum atomic E-state index is 9.44. The van der Waals surface area contributed by atoms with Crippen LogP contribution in [0.5, 0.6) is 5.75 Å². The Kier molecular flexibility index (Phi) is 4.64. The Balaban J connectivity index is 1.93. The van der Waals surface area contributed by atoms with Gasteiger partial charge in [-0.05, 0) is 47.0 Å². The highest BCUT2D eigenvalue weighted by atomic mass is 35.5. The molecule has 1 N–H and O–H groups in total. The van der Waals surface area contributed by atoms with E-state index >= 15 is 0 Å². The molecule has 96 valence electrons. The monoisotopic (exact) mass is 282 g/mol. The van der Waals surface area contributed by atoms with Gasteiger partial charge in [-0.2, -0.15) is 11.3 Å². The van der Waals surface area contributed by atoms with E-state index in [4.69, 9.17) is 16.3 Å². The number of benzene rings is 1. The number of ether oxygens (including phenoxy) is 1. The van der Waals surface area contributed by atoms with Gasteiger partial charge in [0, 0.05) is 6.42 Å². The van der Waals surface area contributed by atoms with E-state index in [1.807, 2.05) is 6.07 Å². The largest absolute Gasteiger partial charge is 0.492 e. The quantitative estimate of drug-likeness (QED) is 0.895. The van der Waals surface area contributed by atoms with E-state index < -0.39 is 6.10 Å². The molecule has 2 nitrogen and oxygen atoms in total. The van der Waals surface area contributed by atoms with Gasteiger partial charge in [-0.3, -0.25) is 0 Å². The van der Waals surface area contributed by atoms with Gasteiger partial charge < -0.3 is 9.84 Å². The third kappa shape index (κ3) is 3.48. The Morgan fingerprint density at radius 2 is 2.22 bits per heavy atom. The van der Waals surface area contributed by atoms with Crippen molar-refractivity contribution < 1.29 is 9.84 Å².